The van der Waals surface area contributed by atoms with E-state index in [-0.39, 0.29) is 18.8 Å². The maximum absolute atomic E-state index is 11.3. The van der Waals surface area contributed by atoms with Crippen molar-refractivity contribution in [3.63, 3.8) is 0 Å². The number of aromatic hydroxyl groups is 1. The van der Waals surface area contributed by atoms with Gasteiger partial charge in [-0.2, -0.15) is 0 Å². The van der Waals surface area contributed by atoms with E-state index in [1.54, 1.807) is 29.2 Å². The molecule has 0 saturated carbocycles. The highest BCUT2D eigenvalue weighted by Crippen LogP contribution is 2.13. The number of carbonyl (C=O) groups excluding carboxylic acids is 2. The number of methoxy groups -OCH3 is 2. The molecule has 0 aliphatic carbocycles. The van der Waals surface area contributed by atoms with Crippen LogP contribution in [0.4, 0.5) is 0 Å². The second-order valence-electron chi connectivity index (χ2n) is 3.97. The van der Waals surface area contributed by atoms with E-state index < -0.39 is 11.9 Å². The van der Waals surface area contributed by atoms with Gasteiger partial charge >= 0.3 is 11.9 Å². The van der Waals surface area contributed by atoms with Gasteiger partial charge in [0.05, 0.1) is 27.3 Å². The van der Waals surface area contributed by atoms with Gasteiger partial charge in [0, 0.05) is 6.54 Å². The van der Waals surface area contributed by atoms with E-state index in [1.807, 2.05) is 0 Å². The Hall–Kier alpha value is -2.08. The summed E-state index contributed by atoms with van der Waals surface area (Å²) in [5.41, 5.74) is 0.785. The minimum absolute atomic E-state index is 0.0265. The molecule has 0 aliphatic rings. The predicted molar refractivity (Wildman–Crippen MR) is 67.4 cm³/mol. The largest absolute Gasteiger partial charge is 0.508 e. The number of phenols is 1. The predicted octanol–water partition coefficient (Wildman–Crippen LogP) is 0.540. The number of phenolic OH excluding ortho intramolecular Hbond substituents is 1. The summed E-state index contributed by atoms with van der Waals surface area (Å²) < 4.78 is 9.15. The van der Waals surface area contributed by atoms with E-state index in [0.29, 0.717) is 6.54 Å². The zero-order chi connectivity index (χ0) is 14.3. The van der Waals surface area contributed by atoms with E-state index in [0.717, 1.165) is 5.56 Å². The molecule has 1 rings (SSSR count). The van der Waals surface area contributed by atoms with Crippen molar-refractivity contribution in [2.24, 2.45) is 0 Å². The van der Waals surface area contributed by atoms with Gasteiger partial charge in [0.1, 0.15) is 5.75 Å². The van der Waals surface area contributed by atoms with Crippen LogP contribution in [0.3, 0.4) is 0 Å². The quantitative estimate of drug-likeness (QED) is 0.758. The number of rotatable bonds is 6. The minimum Gasteiger partial charge on any atom is -0.508 e. The van der Waals surface area contributed by atoms with E-state index >= 15 is 0 Å². The molecule has 1 aromatic carbocycles. The highest BCUT2D eigenvalue weighted by Gasteiger charge is 2.15. The Morgan fingerprint density at radius 2 is 1.74 bits per heavy atom. The van der Waals surface area contributed by atoms with Crippen LogP contribution in [0.1, 0.15) is 5.56 Å². The average Bonchev–Trinajstić information content (AvgIpc) is 2.38. The first-order valence-corrected chi connectivity index (χ1v) is 5.69. The Morgan fingerprint density at radius 1 is 1.16 bits per heavy atom. The van der Waals surface area contributed by atoms with Crippen LogP contribution in [-0.2, 0) is 25.6 Å². The van der Waals surface area contributed by atoms with Crippen LogP contribution >= 0.6 is 0 Å². The second-order valence-corrected chi connectivity index (χ2v) is 3.97. The third kappa shape index (κ3) is 5.39. The number of esters is 2. The standard InChI is InChI=1S/C13H17NO5/c1-18-12(16)8-14(9-13(17)19-2)7-10-4-3-5-11(15)6-10/h3-6,15H,7-9H2,1-2H3. The summed E-state index contributed by atoms with van der Waals surface area (Å²) >= 11 is 0. The highest BCUT2D eigenvalue weighted by atomic mass is 16.5. The van der Waals surface area contributed by atoms with Gasteiger partial charge in [-0.3, -0.25) is 14.5 Å². The summed E-state index contributed by atoms with van der Waals surface area (Å²) in [6.07, 6.45) is 0. The van der Waals surface area contributed by atoms with Crippen LogP contribution < -0.4 is 0 Å². The first kappa shape index (κ1) is 15.0. The van der Waals surface area contributed by atoms with Crippen LogP contribution in [0.2, 0.25) is 0 Å². The van der Waals surface area contributed by atoms with E-state index in [4.69, 9.17) is 0 Å². The molecule has 6 nitrogen and oxygen atoms in total. The molecule has 104 valence electrons. The number of hydrogen-bond donors (Lipinski definition) is 1. The van der Waals surface area contributed by atoms with Gasteiger partial charge < -0.3 is 14.6 Å². The number of benzene rings is 1. The first-order valence-electron chi connectivity index (χ1n) is 5.69. The Labute approximate surface area is 111 Å². The maximum Gasteiger partial charge on any atom is 0.319 e. The fourth-order valence-corrected chi connectivity index (χ4v) is 1.57. The Kier molecular flexibility index (Phi) is 5.81. The van der Waals surface area contributed by atoms with Gasteiger partial charge in [0.25, 0.3) is 0 Å². The number of nitrogens with zero attached hydrogens (tertiary/aromatic N) is 1. The molecule has 1 aromatic rings. The van der Waals surface area contributed by atoms with E-state index in [2.05, 4.69) is 9.47 Å². The van der Waals surface area contributed by atoms with Crippen LogP contribution in [0.25, 0.3) is 0 Å². The third-order valence-corrected chi connectivity index (χ3v) is 2.48. The fraction of sp³-hybridized carbons (Fsp3) is 0.385. The van der Waals surface area contributed by atoms with Crippen molar-refractivity contribution in [3.05, 3.63) is 29.8 Å². The van der Waals surface area contributed by atoms with Crippen LogP contribution in [-0.4, -0.2) is 49.3 Å². The zero-order valence-electron chi connectivity index (χ0n) is 11.0. The first-order chi connectivity index (χ1) is 9.05. The molecule has 0 fully saturated rings. The molecule has 0 heterocycles. The molecule has 0 atom stereocenters. The third-order valence-electron chi connectivity index (χ3n) is 2.48. The lowest BCUT2D eigenvalue weighted by Gasteiger charge is -2.19. The average molecular weight is 267 g/mol. The Balaban J connectivity index is 2.72. The van der Waals surface area contributed by atoms with Crippen LogP contribution in [0, 0.1) is 0 Å². The molecule has 0 aliphatic heterocycles. The summed E-state index contributed by atoms with van der Waals surface area (Å²) in [6.45, 7) is 0.279. The van der Waals surface area contributed by atoms with Gasteiger partial charge in [-0.1, -0.05) is 12.1 Å². The number of ether oxygens (including phenoxy) is 2. The molecule has 19 heavy (non-hydrogen) atoms. The van der Waals surface area contributed by atoms with Crippen molar-refractivity contribution in [3.8, 4) is 5.75 Å². The van der Waals surface area contributed by atoms with E-state index in [1.165, 1.54) is 14.2 Å². The zero-order valence-corrected chi connectivity index (χ0v) is 11.0. The molecule has 1 N–H and O–H groups in total. The maximum atomic E-state index is 11.3. The molecule has 0 saturated heterocycles. The molecular weight excluding hydrogens is 250 g/mol. The smallest absolute Gasteiger partial charge is 0.319 e. The molecule has 0 amide bonds. The summed E-state index contributed by atoms with van der Waals surface area (Å²) in [4.78, 5) is 24.1. The molecule has 6 heteroatoms. The topological polar surface area (TPSA) is 76.1 Å². The van der Waals surface area contributed by atoms with Gasteiger partial charge in [-0.15, -0.1) is 0 Å². The summed E-state index contributed by atoms with van der Waals surface area (Å²) in [5, 5.41) is 9.38. The normalized spacial score (nSPS) is 10.3. The van der Waals surface area contributed by atoms with Crippen molar-refractivity contribution in [2.45, 2.75) is 6.54 Å². The van der Waals surface area contributed by atoms with E-state index in [9.17, 15) is 14.7 Å². The lowest BCUT2D eigenvalue weighted by molar-refractivity contribution is -0.145. The number of carbonyl (C=O) groups is 2. The van der Waals surface area contributed by atoms with Crippen LogP contribution in [0.5, 0.6) is 5.75 Å². The van der Waals surface area contributed by atoms with Crippen molar-refractivity contribution in [2.75, 3.05) is 27.3 Å². The van der Waals surface area contributed by atoms with Crippen molar-refractivity contribution in [1.29, 1.82) is 0 Å². The van der Waals surface area contributed by atoms with Crippen molar-refractivity contribution in [1.82, 2.24) is 4.90 Å². The Morgan fingerprint density at radius 3 is 2.21 bits per heavy atom. The molecule has 0 aromatic heterocycles. The lowest BCUT2D eigenvalue weighted by atomic mass is 10.2. The Bertz CT molecular complexity index is 428. The second kappa shape index (κ2) is 7.38. The highest BCUT2D eigenvalue weighted by molar-refractivity contribution is 5.74. The summed E-state index contributed by atoms with van der Waals surface area (Å²) in [6, 6.07) is 6.61. The minimum atomic E-state index is -0.441. The molecular formula is C13H17NO5. The van der Waals surface area contributed by atoms with Gasteiger partial charge in [0.15, 0.2) is 0 Å². The summed E-state index contributed by atoms with van der Waals surface area (Å²) in [5.74, 6) is -0.748. The van der Waals surface area contributed by atoms with Gasteiger partial charge in [-0.25, -0.2) is 0 Å². The lowest BCUT2D eigenvalue weighted by Crippen LogP contribution is -2.35. The molecule has 0 radical (unpaired) electrons. The monoisotopic (exact) mass is 267 g/mol. The van der Waals surface area contributed by atoms with Crippen LogP contribution in [0.15, 0.2) is 24.3 Å². The van der Waals surface area contributed by atoms with Gasteiger partial charge in [-0.05, 0) is 17.7 Å². The molecule has 0 unspecified atom stereocenters. The van der Waals surface area contributed by atoms with Crippen molar-refractivity contribution >= 4 is 11.9 Å². The van der Waals surface area contributed by atoms with Crippen molar-refractivity contribution < 1.29 is 24.2 Å². The van der Waals surface area contributed by atoms with Gasteiger partial charge in [0.2, 0.25) is 0 Å². The molecule has 0 spiro atoms. The summed E-state index contributed by atoms with van der Waals surface area (Å²) in [7, 11) is 2.57. The molecule has 0 bridgehead atoms. The fourth-order valence-electron chi connectivity index (χ4n) is 1.57. The number of hydrogen-bond acceptors (Lipinski definition) is 6. The SMILES string of the molecule is COC(=O)CN(CC(=O)OC)Cc1cccc(O)c1.